The van der Waals surface area contributed by atoms with Crippen LogP contribution >= 0.6 is 0 Å². The van der Waals surface area contributed by atoms with Crippen LogP contribution in [0.1, 0.15) is 52.0 Å². The zero-order valence-electron chi connectivity index (χ0n) is 23.1. The van der Waals surface area contributed by atoms with E-state index in [-0.39, 0.29) is 23.7 Å². The maximum absolute atomic E-state index is 13.3. The Kier molecular flexibility index (Phi) is 8.23. The number of nitrogens with one attached hydrogen (secondary N) is 2. The van der Waals surface area contributed by atoms with Crippen molar-refractivity contribution in [2.45, 2.75) is 44.7 Å². The molecule has 6 fully saturated rings. The molecule has 2 unspecified atom stereocenters. The molecular weight excluding hydrogens is 500 g/mol. The van der Waals surface area contributed by atoms with Crippen LogP contribution in [0.2, 0.25) is 0 Å². The molecule has 6 saturated heterocycles. The molecule has 212 valence electrons. The van der Waals surface area contributed by atoms with Crippen molar-refractivity contribution in [3.8, 4) is 0 Å². The zero-order valence-corrected chi connectivity index (χ0v) is 23.1. The predicted octanol–water partition coefficient (Wildman–Crippen LogP) is 1.22. The average Bonchev–Trinajstić information content (AvgIpc) is 2.98. The van der Waals surface area contributed by atoms with Crippen molar-refractivity contribution in [1.29, 1.82) is 0 Å². The summed E-state index contributed by atoms with van der Waals surface area (Å²) in [6, 6.07) is 3.40. The van der Waals surface area contributed by atoms with Crippen molar-refractivity contribution in [2.24, 2.45) is 23.7 Å². The van der Waals surface area contributed by atoms with Crippen LogP contribution in [0.15, 0.2) is 18.2 Å². The molecule has 2 amide bonds. The lowest BCUT2D eigenvalue weighted by molar-refractivity contribution is -0.147. The molecule has 6 aliphatic rings. The summed E-state index contributed by atoms with van der Waals surface area (Å²) in [5.41, 5.74) is 1.36. The summed E-state index contributed by atoms with van der Waals surface area (Å²) in [6.07, 6.45) is 4.07. The molecule has 10 nitrogen and oxygen atoms in total. The van der Waals surface area contributed by atoms with E-state index in [2.05, 4.69) is 20.4 Å². The fourth-order valence-electron chi connectivity index (χ4n) is 7.22. The molecular formula is C29H40N4O6. The number of aryl methyl sites for hydroxylation is 1. The van der Waals surface area contributed by atoms with Crippen molar-refractivity contribution >= 4 is 23.8 Å². The number of hydrogen-bond acceptors (Lipinski definition) is 8. The van der Waals surface area contributed by atoms with E-state index >= 15 is 0 Å². The van der Waals surface area contributed by atoms with E-state index < -0.39 is 24.0 Å². The highest BCUT2D eigenvalue weighted by Gasteiger charge is 2.44. The molecule has 0 aromatic heterocycles. The topological polar surface area (TPSA) is 117 Å². The lowest BCUT2D eigenvalue weighted by Crippen LogP contribution is -2.58. The highest BCUT2D eigenvalue weighted by atomic mass is 16.5. The third-order valence-corrected chi connectivity index (χ3v) is 9.49. The number of carbonyl (C=O) groups excluding carboxylic acids is 4. The van der Waals surface area contributed by atoms with Crippen LogP contribution in [0.25, 0.3) is 0 Å². The number of rotatable bonds is 8. The molecule has 0 spiro atoms. The van der Waals surface area contributed by atoms with Gasteiger partial charge in [-0.15, -0.1) is 0 Å². The number of amides is 2. The van der Waals surface area contributed by atoms with Crippen molar-refractivity contribution < 1.29 is 28.7 Å². The summed E-state index contributed by atoms with van der Waals surface area (Å²) in [7, 11) is 2.69. The summed E-state index contributed by atoms with van der Waals surface area (Å²) < 4.78 is 10.1. The number of hydrogen-bond donors (Lipinski definition) is 2. The van der Waals surface area contributed by atoms with E-state index in [9.17, 15) is 19.2 Å². The smallest absolute Gasteiger partial charge is 0.328 e. The fraction of sp³-hybridized carbons (Fsp3) is 0.655. The largest absolute Gasteiger partial charge is 0.467 e. The first kappa shape index (κ1) is 27.6. The van der Waals surface area contributed by atoms with Gasteiger partial charge in [-0.3, -0.25) is 9.59 Å². The van der Waals surface area contributed by atoms with Gasteiger partial charge in [0.25, 0.3) is 11.8 Å². The van der Waals surface area contributed by atoms with Crippen molar-refractivity contribution in [1.82, 2.24) is 20.4 Å². The van der Waals surface area contributed by atoms with Gasteiger partial charge in [-0.05, 0) is 94.4 Å². The van der Waals surface area contributed by atoms with E-state index in [0.29, 0.717) is 28.5 Å². The number of piperidine rings is 6. The molecule has 7 rings (SSSR count). The first-order valence-electron chi connectivity index (χ1n) is 14.1. The average molecular weight is 541 g/mol. The summed E-state index contributed by atoms with van der Waals surface area (Å²) in [5, 5.41) is 5.86. The van der Waals surface area contributed by atoms with Crippen LogP contribution < -0.4 is 10.6 Å². The van der Waals surface area contributed by atoms with E-state index in [0.717, 1.165) is 65.0 Å². The highest BCUT2D eigenvalue weighted by Crippen LogP contribution is 2.36. The monoisotopic (exact) mass is 540 g/mol. The van der Waals surface area contributed by atoms with Gasteiger partial charge in [-0.2, -0.15) is 0 Å². The van der Waals surface area contributed by atoms with Crippen LogP contribution in [0, 0.1) is 30.6 Å². The Bertz CT molecular complexity index is 1110. The number of carbonyl (C=O) groups is 4. The Morgan fingerprint density at radius 1 is 0.769 bits per heavy atom. The molecule has 39 heavy (non-hydrogen) atoms. The number of benzene rings is 1. The summed E-state index contributed by atoms with van der Waals surface area (Å²) in [5.74, 6) is -0.833. The predicted molar refractivity (Wildman–Crippen MR) is 143 cm³/mol. The zero-order chi connectivity index (χ0) is 27.7. The molecule has 4 atom stereocenters. The van der Waals surface area contributed by atoms with Gasteiger partial charge >= 0.3 is 11.9 Å². The lowest BCUT2D eigenvalue weighted by atomic mass is 9.75. The van der Waals surface area contributed by atoms with Crippen molar-refractivity contribution in [2.75, 3.05) is 53.5 Å². The normalized spacial score (nSPS) is 30.6. The Balaban J connectivity index is 1.28. The van der Waals surface area contributed by atoms with E-state index in [4.69, 9.17) is 9.47 Å². The third kappa shape index (κ3) is 5.68. The molecule has 0 aliphatic carbocycles. The fourth-order valence-corrected chi connectivity index (χ4v) is 7.22. The Morgan fingerprint density at radius 2 is 1.23 bits per heavy atom. The number of ether oxygens (including phenoxy) is 2. The molecule has 1 aromatic carbocycles. The van der Waals surface area contributed by atoms with Crippen LogP contribution in [0.3, 0.4) is 0 Å². The first-order valence-corrected chi connectivity index (χ1v) is 14.1. The number of nitrogens with zero attached hydrogens (tertiary/aromatic N) is 2. The maximum atomic E-state index is 13.3. The van der Waals surface area contributed by atoms with Crippen LogP contribution in [-0.2, 0) is 19.1 Å². The van der Waals surface area contributed by atoms with Gasteiger partial charge in [0, 0.05) is 36.1 Å². The molecule has 0 saturated carbocycles. The highest BCUT2D eigenvalue weighted by molar-refractivity contribution is 6.01. The van der Waals surface area contributed by atoms with E-state index in [1.165, 1.54) is 14.2 Å². The van der Waals surface area contributed by atoms with Crippen molar-refractivity contribution in [3.05, 3.63) is 34.9 Å². The van der Waals surface area contributed by atoms with Gasteiger partial charge in [0.15, 0.2) is 0 Å². The first-order chi connectivity index (χ1) is 18.8. The summed E-state index contributed by atoms with van der Waals surface area (Å²) in [4.78, 5) is 56.6. The second kappa shape index (κ2) is 11.6. The molecule has 0 radical (unpaired) electrons. The van der Waals surface area contributed by atoms with Gasteiger partial charge in [-0.1, -0.05) is 0 Å². The maximum Gasteiger partial charge on any atom is 0.328 e. The molecule has 6 heterocycles. The van der Waals surface area contributed by atoms with E-state index in [1.54, 1.807) is 25.1 Å². The standard InChI is InChI=1S/C29H40N4O6/c1-17-14-20(26(34)30-24(28(36)38-2)22-15-32-10-6-18(22)7-11-32)4-5-21(17)27(35)31-25(29(37)39-3)23-16-33-12-8-19(23)9-13-33/h4-5,14,18-19,22-25H,6-13,15-16H2,1-3H3,(H,30,34)(H,31,35)/t22?,23?,24-,25-/m1/s1. The minimum Gasteiger partial charge on any atom is -0.467 e. The van der Waals surface area contributed by atoms with Gasteiger partial charge in [-0.25, -0.2) is 9.59 Å². The second-order valence-corrected chi connectivity index (χ2v) is 11.6. The van der Waals surface area contributed by atoms with Gasteiger partial charge < -0.3 is 29.9 Å². The molecule has 2 N–H and O–H groups in total. The molecule has 10 heteroatoms. The quantitative estimate of drug-likeness (QED) is 0.473. The minimum atomic E-state index is -0.722. The van der Waals surface area contributed by atoms with E-state index in [1.807, 2.05) is 0 Å². The number of methoxy groups -OCH3 is 2. The Hall–Kier alpha value is -2.98. The van der Waals surface area contributed by atoms with Gasteiger partial charge in [0.2, 0.25) is 0 Å². The Morgan fingerprint density at radius 3 is 1.62 bits per heavy atom. The molecule has 1 aromatic rings. The molecule has 6 aliphatic heterocycles. The molecule has 4 bridgehead atoms. The second-order valence-electron chi connectivity index (χ2n) is 11.6. The Labute approximate surface area is 229 Å². The van der Waals surface area contributed by atoms with Crippen LogP contribution in [0.4, 0.5) is 0 Å². The van der Waals surface area contributed by atoms with Gasteiger partial charge in [0.1, 0.15) is 12.1 Å². The van der Waals surface area contributed by atoms with Crippen LogP contribution in [-0.4, -0.2) is 99.1 Å². The minimum absolute atomic E-state index is 0.0101. The number of esters is 2. The summed E-state index contributed by atoms with van der Waals surface area (Å²) in [6.45, 7) is 7.42. The van der Waals surface area contributed by atoms with Crippen LogP contribution in [0.5, 0.6) is 0 Å². The lowest BCUT2D eigenvalue weighted by Gasteiger charge is -2.47. The van der Waals surface area contributed by atoms with Gasteiger partial charge in [0.05, 0.1) is 14.2 Å². The number of fused-ring (bicyclic) bond motifs is 6. The summed E-state index contributed by atoms with van der Waals surface area (Å²) >= 11 is 0. The van der Waals surface area contributed by atoms with Crippen molar-refractivity contribution in [3.63, 3.8) is 0 Å². The third-order valence-electron chi connectivity index (χ3n) is 9.49. The SMILES string of the molecule is COC(=O)[C@H](NC(=O)c1ccc(C(=O)N[C@@H](C(=O)OC)C2CN3CCC2CC3)c(C)c1)C1CN2CCC1CC2.